The van der Waals surface area contributed by atoms with Crippen LogP contribution in [0.5, 0.6) is 0 Å². The third-order valence-corrected chi connectivity index (χ3v) is 15.8. The van der Waals surface area contributed by atoms with Crippen LogP contribution in [0.3, 0.4) is 0 Å². The Labute approximate surface area is 462 Å². The Kier molecular flexibility index (Phi) is 12.5. The quantitative estimate of drug-likeness (QED) is 0.113. The van der Waals surface area contributed by atoms with Crippen molar-refractivity contribution < 1.29 is 0 Å². The van der Waals surface area contributed by atoms with Gasteiger partial charge in [-0.1, -0.05) is 194 Å². The van der Waals surface area contributed by atoms with Gasteiger partial charge in [0.1, 0.15) is 0 Å². The SMILES string of the molecule is C1=CCCC(N(c2ccccc2)c2ccc3c(c2)c2cc(N(C4=CCCC=C4)c4ccccc4)ccc2c2c(-c4ccccc4)c(-c4ccccc4)cc(-c4ccc(N(c5ccccc5)c5ccc6ccccc6c5)cc4)c32)=C1. The van der Waals surface area contributed by atoms with Crippen LogP contribution in [-0.4, -0.2) is 0 Å². The van der Waals surface area contributed by atoms with Crippen LogP contribution in [0.2, 0.25) is 0 Å². The molecule has 79 heavy (non-hydrogen) atoms. The van der Waals surface area contributed by atoms with Gasteiger partial charge in [-0.3, -0.25) is 0 Å². The zero-order valence-corrected chi connectivity index (χ0v) is 44.0. The number of hydrogen-bond acceptors (Lipinski definition) is 3. The topological polar surface area (TPSA) is 9.72 Å². The average molecular weight is 1010 g/mol. The van der Waals surface area contributed by atoms with Gasteiger partial charge in [-0.2, -0.15) is 0 Å². The Morgan fingerprint density at radius 3 is 1.43 bits per heavy atom. The standard InChI is InChI=1S/C76H57N3/c1-8-25-55(26-9-1)70-53-71(56-41-43-64(44-42-56)79(63-38-20-7-21-39-63)65-45-40-54-24-22-23-29-58(54)50-65)75-68-48-46-66(77(59-30-12-3-13-31-59)60-32-14-4-15-33-60)51-72(68)73-52-67(47-49-69(73)76(75)74(70)57-27-10-2-11-28-57)78(61-34-16-5-17-35-61)62-36-18-6-19-37-62/h1-5,7-14,16-18,20-32,34-53H,6,15,19,33H2. The van der Waals surface area contributed by atoms with Crippen molar-refractivity contribution in [3.05, 3.63) is 309 Å². The van der Waals surface area contributed by atoms with Gasteiger partial charge in [0.05, 0.1) is 0 Å². The predicted molar refractivity (Wildman–Crippen MR) is 338 cm³/mol. The van der Waals surface area contributed by atoms with Gasteiger partial charge in [0, 0.05) is 51.2 Å². The van der Waals surface area contributed by atoms with Crippen molar-refractivity contribution in [2.24, 2.45) is 0 Å². The largest absolute Gasteiger partial charge is 0.314 e. The van der Waals surface area contributed by atoms with E-state index in [0.717, 1.165) is 71.1 Å². The van der Waals surface area contributed by atoms with Gasteiger partial charge in [0.25, 0.3) is 0 Å². The van der Waals surface area contributed by atoms with Gasteiger partial charge >= 0.3 is 0 Å². The molecule has 12 aromatic rings. The molecule has 0 saturated heterocycles. The maximum atomic E-state index is 2.48. The number of allylic oxidation sites excluding steroid dienone is 7. The maximum Gasteiger partial charge on any atom is 0.0468 e. The highest BCUT2D eigenvalue weighted by atomic mass is 15.2. The van der Waals surface area contributed by atoms with E-state index in [1.165, 1.54) is 82.3 Å². The molecule has 14 rings (SSSR count). The number of fused-ring (bicyclic) bond motifs is 7. The Morgan fingerprint density at radius 2 is 0.810 bits per heavy atom. The molecule has 12 aromatic carbocycles. The molecule has 3 heteroatoms. The second kappa shape index (κ2) is 20.9. The highest BCUT2D eigenvalue weighted by Gasteiger charge is 2.25. The van der Waals surface area contributed by atoms with Crippen molar-refractivity contribution in [1.82, 2.24) is 0 Å². The highest BCUT2D eigenvalue weighted by molar-refractivity contribution is 6.33. The molecule has 2 aliphatic carbocycles. The second-order valence-corrected chi connectivity index (χ2v) is 20.6. The molecule has 0 saturated carbocycles. The average Bonchev–Trinajstić information content (AvgIpc) is 3.69. The lowest BCUT2D eigenvalue weighted by Gasteiger charge is -2.30. The van der Waals surface area contributed by atoms with Crippen LogP contribution < -0.4 is 14.7 Å². The Balaban J connectivity index is 1.08. The first-order valence-corrected chi connectivity index (χ1v) is 27.7. The van der Waals surface area contributed by atoms with Crippen molar-refractivity contribution >= 4 is 82.9 Å². The van der Waals surface area contributed by atoms with E-state index in [-0.39, 0.29) is 0 Å². The molecule has 0 amide bonds. The van der Waals surface area contributed by atoms with Crippen LogP contribution in [-0.2, 0) is 0 Å². The zero-order valence-electron chi connectivity index (χ0n) is 44.0. The first-order valence-electron chi connectivity index (χ1n) is 27.7. The summed E-state index contributed by atoms with van der Waals surface area (Å²) in [4.78, 5) is 7.28. The van der Waals surface area contributed by atoms with E-state index in [4.69, 9.17) is 0 Å². The molecule has 0 spiro atoms. The second-order valence-electron chi connectivity index (χ2n) is 20.6. The number of rotatable bonds is 12. The predicted octanol–water partition coefficient (Wildman–Crippen LogP) is 21.5. The normalized spacial score (nSPS) is 13.2. The number of benzene rings is 12. The Morgan fingerprint density at radius 1 is 0.304 bits per heavy atom. The summed E-state index contributed by atoms with van der Waals surface area (Å²) < 4.78 is 0. The molecular formula is C76H57N3. The molecule has 0 aromatic heterocycles. The van der Waals surface area contributed by atoms with E-state index >= 15 is 0 Å². The van der Waals surface area contributed by atoms with E-state index in [9.17, 15) is 0 Å². The summed E-state index contributed by atoms with van der Waals surface area (Å²) in [5, 5.41) is 9.70. The van der Waals surface area contributed by atoms with Crippen molar-refractivity contribution in [2.75, 3.05) is 14.7 Å². The van der Waals surface area contributed by atoms with E-state index in [2.05, 4.69) is 312 Å². The Hall–Kier alpha value is -9.96. The van der Waals surface area contributed by atoms with Crippen LogP contribution >= 0.6 is 0 Å². The molecule has 376 valence electrons. The summed E-state index contributed by atoms with van der Waals surface area (Å²) in [7, 11) is 0. The summed E-state index contributed by atoms with van der Waals surface area (Å²) in [6.45, 7) is 0. The minimum atomic E-state index is 0.951. The Bertz CT molecular complexity index is 4330. The summed E-state index contributed by atoms with van der Waals surface area (Å²) in [6.07, 6.45) is 17.8. The molecular weight excluding hydrogens is 955 g/mol. The van der Waals surface area contributed by atoms with E-state index in [1.54, 1.807) is 0 Å². The number of nitrogens with zero attached hydrogens (tertiary/aromatic N) is 3. The summed E-state index contributed by atoms with van der Waals surface area (Å²) in [5.74, 6) is 0. The van der Waals surface area contributed by atoms with E-state index < -0.39 is 0 Å². The molecule has 2 aliphatic rings. The lowest BCUT2D eigenvalue weighted by atomic mass is 9.81. The molecule has 0 atom stereocenters. The molecule has 0 bridgehead atoms. The summed E-state index contributed by atoms with van der Waals surface area (Å²) >= 11 is 0. The minimum absolute atomic E-state index is 0.951. The van der Waals surface area contributed by atoms with Gasteiger partial charge < -0.3 is 14.7 Å². The third kappa shape index (κ3) is 8.95. The van der Waals surface area contributed by atoms with Crippen molar-refractivity contribution in [1.29, 1.82) is 0 Å². The molecule has 0 unspecified atom stereocenters. The fourth-order valence-corrected chi connectivity index (χ4v) is 12.2. The minimum Gasteiger partial charge on any atom is -0.314 e. The van der Waals surface area contributed by atoms with Gasteiger partial charge in [0.15, 0.2) is 0 Å². The smallest absolute Gasteiger partial charge is 0.0468 e. The third-order valence-electron chi connectivity index (χ3n) is 15.8. The molecule has 3 nitrogen and oxygen atoms in total. The number of anilines is 7. The van der Waals surface area contributed by atoms with Gasteiger partial charge in [-0.25, -0.2) is 0 Å². The fourth-order valence-electron chi connectivity index (χ4n) is 12.2. The molecule has 0 N–H and O–H groups in total. The molecule has 0 heterocycles. The van der Waals surface area contributed by atoms with Crippen LogP contribution in [0.15, 0.2) is 309 Å². The van der Waals surface area contributed by atoms with E-state index in [0.29, 0.717) is 0 Å². The molecule has 0 aliphatic heterocycles. The molecule has 0 radical (unpaired) electrons. The lowest BCUT2D eigenvalue weighted by Crippen LogP contribution is -2.17. The van der Waals surface area contributed by atoms with Crippen LogP contribution in [0.1, 0.15) is 25.7 Å². The zero-order chi connectivity index (χ0) is 52.5. The monoisotopic (exact) mass is 1010 g/mol. The van der Waals surface area contributed by atoms with Gasteiger partial charge in [0.2, 0.25) is 0 Å². The van der Waals surface area contributed by atoms with Crippen LogP contribution in [0.25, 0.3) is 76.5 Å². The van der Waals surface area contributed by atoms with Gasteiger partial charge in [-0.15, -0.1) is 0 Å². The maximum absolute atomic E-state index is 2.48. The van der Waals surface area contributed by atoms with Crippen molar-refractivity contribution in [2.45, 2.75) is 25.7 Å². The van der Waals surface area contributed by atoms with Crippen molar-refractivity contribution in [3.8, 4) is 33.4 Å². The summed E-state index contributed by atoms with van der Waals surface area (Å²) in [6, 6.07) is 96.2. The van der Waals surface area contributed by atoms with Gasteiger partial charge in [-0.05, 0) is 205 Å². The summed E-state index contributed by atoms with van der Waals surface area (Å²) in [5.41, 5.74) is 17.4. The van der Waals surface area contributed by atoms with Crippen LogP contribution in [0.4, 0.5) is 39.8 Å². The van der Waals surface area contributed by atoms with E-state index in [1.807, 2.05) is 0 Å². The first kappa shape index (κ1) is 47.5. The number of hydrogen-bond donors (Lipinski definition) is 0. The lowest BCUT2D eigenvalue weighted by molar-refractivity contribution is 0.918. The van der Waals surface area contributed by atoms with Crippen LogP contribution in [0, 0.1) is 0 Å². The molecule has 0 fully saturated rings. The highest BCUT2D eigenvalue weighted by Crippen LogP contribution is 2.51. The number of para-hydroxylation sites is 3. The van der Waals surface area contributed by atoms with Crippen molar-refractivity contribution in [3.63, 3.8) is 0 Å². The first-order chi connectivity index (χ1) is 39.2. The fraction of sp³-hybridized carbons (Fsp3) is 0.0526.